The van der Waals surface area contributed by atoms with Crippen molar-refractivity contribution < 1.29 is 13.2 Å². The first-order chi connectivity index (χ1) is 12.0. The molecule has 0 fully saturated rings. The number of imidazole rings is 1. The van der Waals surface area contributed by atoms with Crippen molar-refractivity contribution >= 4 is 11.0 Å². The van der Waals surface area contributed by atoms with Gasteiger partial charge in [0.2, 0.25) is 0 Å². The average Bonchev–Trinajstić information content (AvgIpc) is 2.97. The maximum Gasteiger partial charge on any atom is 0.416 e. The van der Waals surface area contributed by atoms with E-state index < -0.39 is 11.7 Å². The lowest BCUT2D eigenvalue weighted by Gasteiger charge is -2.11. The lowest BCUT2D eigenvalue weighted by atomic mass is 10.1. The Hall–Kier alpha value is -2.30. The number of benzene rings is 2. The molecule has 3 aromatic rings. The number of aryl methyl sites for hydroxylation is 1. The summed E-state index contributed by atoms with van der Waals surface area (Å²) in [5, 5.41) is 0. The van der Waals surface area contributed by atoms with Crippen LogP contribution >= 0.6 is 0 Å². The van der Waals surface area contributed by atoms with E-state index in [1.165, 1.54) is 18.6 Å². The van der Waals surface area contributed by atoms with Gasteiger partial charge in [-0.05, 0) is 30.7 Å². The molecule has 0 aliphatic rings. The quantitative estimate of drug-likeness (QED) is 0.479. The molecule has 0 aliphatic heterocycles. The second-order valence-electron chi connectivity index (χ2n) is 6.21. The number of rotatable bonds is 6. The molecule has 5 heteroatoms. The van der Waals surface area contributed by atoms with Crippen LogP contribution in [-0.4, -0.2) is 9.55 Å². The van der Waals surface area contributed by atoms with Crippen LogP contribution in [0.15, 0.2) is 48.5 Å². The minimum absolute atomic E-state index is 0.637. The Balaban J connectivity index is 1.97. The number of alkyl halides is 3. The standard InChI is InChI=1S/C20H21F3N2/c1-2-3-4-7-14-25-18-9-6-5-8-17(18)24-19(25)15-10-12-16(13-11-15)20(21,22)23/h5-6,8-13H,2-4,7,14H2,1H3. The zero-order chi connectivity index (χ0) is 17.9. The fraction of sp³-hybridized carbons (Fsp3) is 0.350. The van der Waals surface area contributed by atoms with Gasteiger partial charge in [-0.3, -0.25) is 0 Å². The van der Waals surface area contributed by atoms with Gasteiger partial charge in [0.25, 0.3) is 0 Å². The summed E-state index contributed by atoms with van der Waals surface area (Å²) in [6.07, 6.45) is 0.189. The molecule has 1 aromatic heterocycles. The molecule has 1 heterocycles. The molecule has 0 bridgehead atoms. The summed E-state index contributed by atoms with van der Waals surface area (Å²) in [7, 11) is 0. The molecule has 0 unspecified atom stereocenters. The van der Waals surface area contributed by atoms with Crippen molar-refractivity contribution in [1.29, 1.82) is 0 Å². The van der Waals surface area contributed by atoms with Crippen molar-refractivity contribution in [1.82, 2.24) is 9.55 Å². The molecule has 3 rings (SSSR count). The van der Waals surface area contributed by atoms with Crippen molar-refractivity contribution in [2.75, 3.05) is 0 Å². The third-order valence-electron chi connectivity index (χ3n) is 4.36. The minimum atomic E-state index is -4.32. The van der Waals surface area contributed by atoms with Crippen LogP contribution in [0.3, 0.4) is 0 Å². The Morgan fingerprint density at radius 1 is 0.920 bits per heavy atom. The Morgan fingerprint density at radius 3 is 2.32 bits per heavy atom. The lowest BCUT2D eigenvalue weighted by Crippen LogP contribution is -2.05. The number of fused-ring (bicyclic) bond motifs is 1. The first kappa shape index (κ1) is 17.5. The largest absolute Gasteiger partial charge is 0.416 e. The smallest absolute Gasteiger partial charge is 0.324 e. The third-order valence-corrected chi connectivity index (χ3v) is 4.36. The Bertz CT molecular complexity index is 832. The predicted octanol–water partition coefficient (Wildman–Crippen LogP) is 6.30. The van der Waals surface area contributed by atoms with Crippen LogP contribution < -0.4 is 0 Å². The second kappa shape index (κ2) is 7.30. The number of hydrogen-bond donors (Lipinski definition) is 0. The van der Waals surface area contributed by atoms with E-state index in [1.807, 2.05) is 24.3 Å². The molecule has 0 saturated heterocycles. The van der Waals surface area contributed by atoms with Gasteiger partial charge in [0.15, 0.2) is 0 Å². The number of para-hydroxylation sites is 2. The molecule has 132 valence electrons. The normalized spacial score (nSPS) is 12.0. The first-order valence-corrected chi connectivity index (χ1v) is 8.63. The van der Waals surface area contributed by atoms with Crippen molar-refractivity contribution in [2.24, 2.45) is 0 Å². The molecule has 0 saturated carbocycles. The van der Waals surface area contributed by atoms with Crippen molar-refractivity contribution in [3.63, 3.8) is 0 Å². The van der Waals surface area contributed by atoms with Gasteiger partial charge >= 0.3 is 6.18 Å². The fourth-order valence-electron chi connectivity index (χ4n) is 3.03. The van der Waals surface area contributed by atoms with Gasteiger partial charge in [0.1, 0.15) is 5.82 Å². The molecule has 0 atom stereocenters. The zero-order valence-corrected chi connectivity index (χ0v) is 14.2. The maximum absolute atomic E-state index is 12.8. The van der Waals surface area contributed by atoms with Gasteiger partial charge in [-0.15, -0.1) is 0 Å². The topological polar surface area (TPSA) is 17.8 Å². The van der Waals surface area contributed by atoms with Crippen molar-refractivity contribution in [2.45, 2.75) is 45.3 Å². The average molecular weight is 346 g/mol. The van der Waals surface area contributed by atoms with Crippen LogP contribution in [-0.2, 0) is 12.7 Å². The van der Waals surface area contributed by atoms with E-state index in [1.54, 1.807) is 0 Å². The summed E-state index contributed by atoms with van der Waals surface area (Å²) < 4.78 is 40.5. The Kier molecular flexibility index (Phi) is 5.11. The highest BCUT2D eigenvalue weighted by atomic mass is 19.4. The molecule has 2 nitrogen and oxygen atoms in total. The Morgan fingerprint density at radius 2 is 1.64 bits per heavy atom. The van der Waals surface area contributed by atoms with E-state index in [0.717, 1.165) is 54.8 Å². The summed E-state index contributed by atoms with van der Waals surface area (Å²) in [5.74, 6) is 0.728. The molecule has 0 N–H and O–H groups in total. The van der Waals surface area contributed by atoms with E-state index >= 15 is 0 Å². The van der Waals surface area contributed by atoms with Gasteiger partial charge < -0.3 is 4.57 Å². The summed E-state index contributed by atoms with van der Waals surface area (Å²) in [4.78, 5) is 4.66. The van der Waals surface area contributed by atoms with Crippen LogP contribution in [0.5, 0.6) is 0 Å². The lowest BCUT2D eigenvalue weighted by molar-refractivity contribution is -0.137. The highest BCUT2D eigenvalue weighted by molar-refractivity contribution is 5.80. The third kappa shape index (κ3) is 3.86. The molecule has 0 aliphatic carbocycles. The number of unbranched alkanes of at least 4 members (excludes halogenated alkanes) is 3. The van der Waals surface area contributed by atoms with Crippen molar-refractivity contribution in [3.8, 4) is 11.4 Å². The molecule has 2 aromatic carbocycles. The predicted molar refractivity (Wildman–Crippen MR) is 94.3 cm³/mol. The van der Waals surface area contributed by atoms with Gasteiger partial charge in [0, 0.05) is 12.1 Å². The molecule has 0 radical (unpaired) electrons. The highest BCUT2D eigenvalue weighted by Crippen LogP contribution is 2.32. The zero-order valence-electron chi connectivity index (χ0n) is 14.2. The Labute approximate surface area is 145 Å². The highest BCUT2D eigenvalue weighted by Gasteiger charge is 2.30. The number of aromatic nitrogens is 2. The van der Waals surface area contributed by atoms with E-state index in [-0.39, 0.29) is 0 Å². The van der Waals surface area contributed by atoms with E-state index in [0.29, 0.717) is 5.56 Å². The van der Waals surface area contributed by atoms with Gasteiger partial charge in [-0.1, -0.05) is 50.5 Å². The molecule has 0 spiro atoms. The van der Waals surface area contributed by atoms with Crippen LogP contribution in [0.2, 0.25) is 0 Å². The summed E-state index contributed by atoms with van der Waals surface area (Å²) in [6.45, 7) is 2.98. The fourth-order valence-corrected chi connectivity index (χ4v) is 3.03. The van der Waals surface area contributed by atoms with Crippen molar-refractivity contribution in [3.05, 3.63) is 54.1 Å². The second-order valence-corrected chi connectivity index (χ2v) is 6.21. The number of nitrogens with zero attached hydrogens (tertiary/aromatic N) is 2. The van der Waals surface area contributed by atoms with Gasteiger partial charge in [0.05, 0.1) is 16.6 Å². The molecular weight excluding hydrogens is 325 g/mol. The van der Waals surface area contributed by atoms with E-state index in [2.05, 4.69) is 16.5 Å². The summed E-state index contributed by atoms with van der Waals surface area (Å²) in [5.41, 5.74) is 1.96. The monoisotopic (exact) mass is 346 g/mol. The van der Waals surface area contributed by atoms with Gasteiger partial charge in [-0.25, -0.2) is 4.98 Å². The maximum atomic E-state index is 12.8. The molecular formula is C20H21F3N2. The number of halogens is 3. The van der Waals surface area contributed by atoms with Crippen LogP contribution in [0.4, 0.5) is 13.2 Å². The van der Waals surface area contributed by atoms with Crippen LogP contribution in [0, 0.1) is 0 Å². The SMILES string of the molecule is CCCCCCn1c(-c2ccc(C(F)(F)F)cc2)nc2ccccc21. The summed E-state index contributed by atoms with van der Waals surface area (Å²) >= 11 is 0. The minimum Gasteiger partial charge on any atom is -0.324 e. The van der Waals surface area contributed by atoms with E-state index in [4.69, 9.17) is 0 Å². The molecule has 25 heavy (non-hydrogen) atoms. The van der Waals surface area contributed by atoms with Crippen LogP contribution in [0.1, 0.15) is 38.2 Å². The first-order valence-electron chi connectivity index (χ1n) is 8.63. The summed E-state index contributed by atoms with van der Waals surface area (Å²) in [6, 6.07) is 13.1. The van der Waals surface area contributed by atoms with Gasteiger partial charge in [-0.2, -0.15) is 13.2 Å². The number of hydrogen-bond acceptors (Lipinski definition) is 1. The molecule has 0 amide bonds. The van der Waals surface area contributed by atoms with E-state index in [9.17, 15) is 13.2 Å². The van der Waals surface area contributed by atoms with Crippen LogP contribution in [0.25, 0.3) is 22.4 Å².